The van der Waals surface area contributed by atoms with Gasteiger partial charge in [0, 0.05) is 55.2 Å². The summed E-state index contributed by atoms with van der Waals surface area (Å²) in [5.74, 6) is 0.944. The van der Waals surface area contributed by atoms with E-state index in [1.54, 1.807) is 18.5 Å². The second kappa shape index (κ2) is 11.5. The lowest BCUT2D eigenvalue weighted by Gasteiger charge is -2.32. The largest absolute Gasteiger partial charge is 0.353 e. The molecule has 0 unspecified atom stereocenters. The van der Waals surface area contributed by atoms with Crippen LogP contribution in [-0.4, -0.2) is 69.2 Å². The number of carbonyl (C=O) groups excluding carboxylic acids is 1. The maximum absolute atomic E-state index is 12.9. The number of likely N-dealkylation sites (N-methyl/N-ethyl adjacent to an activating group) is 1. The van der Waals surface area contributed by atoms with Crippen LogP contribution in [0, 0.1) is 6.92 Å². The summed E-state index contributed by atoms with van der Waals surface area (Å²) in [4.78, 5) is 41.6. The molecule has 212 valence electrons. The maximum atomic E-state index is 12.9. The summed E-state index contributed by atoms with van der Waals surface area (Å²) < 4.78 is 0. The highest BCUT2D eigenvalue weighted by Gasteiger charge is 2.19. The van der Waals surface area contributed by atoms with Crippen LogP contribution in [0.5, 0.6) is 0 Å². The van der Waals surface area contributed by atoms with E-state index in [2.05, 4.69) is 52.6 Å². The Kier molecular flexibility index (Phi) is 7.80. The molecule has 11 heteroatoms. The van der Waals surface area contributed by atoms with Crippen molar-refractivity contribution in [3.8, 4) is 11.1 Å². The average Bonchev–Trinajstić information content (AvgIpc) is 2.96. The molecule has 41 heavy (non-hydrogen) atoms. The molecular formula is C30H35N9O2. The number of aromatic amines is 1. The van der Waals surface area contributed by atoms with Crippen molar-refractivity contribution >= 4 is 28.9 Å². The van der Waals surface area contributed by atoms with Crippen molar-refractivity contribution in [2.24, 2.45) is 0 Å². The molecule has 0 atom stereocenters. The first-order chi connectivity index (χ1) is 19.6. The summed E-state index contributed by atoms with van der Waals surface area (Å²) in [6, 6.07) is 11.1. The zero-order valence-corrected chi connectivity index (χ0v) is 24.0. The maximum Gasteiger partial charge on any atom is 0.275 e. The molecule has 0 aliphatic carbocycles. The summed E-state index contributed by atoms with van der Waals surface area (Å²) in [6.45, 7) is 11.8. The normalized spacial score (nSPS) is 14.1. The third-order valence-electron chi connectivity index (χ3n) is 7.19. The molecule has 0 saturated carbocycles. The van der Waals surface area contributed by atoms with E-state index in [-0.39, 0.29) is 22.6 Å². The summed E-state index contributed by atoms with van der Waals surface area (Å²) in [5, 5.41) is 14.7. The number of benzene rings is 1. The number of nitrogens with zero attached hydrogens (tertiary/aromatic N) is 6. The Bertz CT molecular complexity index is 1580. The van der Waals surface area contributed by atoms with Crippen LogP contribution in [0.3, 0.4) is 0 Å². The van der Waals surface area contributed by atoms with E-state index in [9.17, 15) is 9.59 Å². The third kappa shape index (κ3) is 6.41. The molecule has 1 aliphatic rings. The lowest BCUT2D eigenvalue weighted by atomic mass is 9.93. The molecule has 1 aromatic carbocycles. The Balaban J connectivity index is 1.32. The number of piperazine rings is 1. The van der Waals surface area contributed by atoms with E-state index >= 15 is 0 Å². The van der Waals surface area contributed by atoms with Gasteiger partial charge in [-0.25, -0.2) is 4.98 Å². The number of aromatic nitrogens is 5. The number of H-pyrrole nitrogens is 1. The van der Waals surface area contributed by atoms with Crippen molar-refractivity contribution in [1.29, 1.82) is 0 Å². The van der Waals surface area contributed by atoms with Gasteiger partial charge >= 0.3 is 0 Å². The van der Waals surface area contributed by atoms with Crippen LogP contribution >= 0.6 is 0 Å². The summed E-state index contributed by atoms with van der Waals surface area (Å²) in [5.41, 5.74) is 4.06. The minimum atomic E-state index is -0.347. The smallest absolute Gasteiger partial charge is 0.275 e. The second-order valence-electron chi connectivity index (χ2n) is 11.3. The van der Waals surface area contributed by atoms with Gasteiger partial charge in [-0.3, -0.25) is 14.6 Å². The highest BCUT2D eigenvalue weighted by Crippen LogP contribution is 2.30. The Morgan fingerprint density at radius 2 is 1.76 bits per heavy atom. The number of pyridine rings is 1. The standard InChI is InChI=1S/C30H35N9O2/c1-19-21(7-6-8-22(19)35-29(41)24-17-32-25(18-31-24)30(2,3)4)20-15-23(28(40)33-16-20)34-26-9-10-27(37-36-26)39-13-11-38(5)12-14-39/h6-10,15-18H,11-14H2,1-5H3,(H,33,40)(H,34,36)(H,35,41). The highest BCUT2D eigenvalue weighted by atomic mass is 16.2. The first-order valence-corrected chi connectivity index (χ1v) is 13.6. The molecule has 1 amide bonds. The predicted molar refractivity (Wildman–Crippen MR) is 161 cm³/mol. The number of nitrogens with one attached hydrogen (secondary N) is 3. The molecule has 0 radical (unpaired) electrons. The number of anilines is 4. The van der Waals surface area contributed by atoms with Crippen LogP contribution < -0.4 is 21.1 Å². The molecule has 3 aromatic heterocycles. The number of hydrogen-bond acceptors (Lipinski definition) is 9. The van der Waals surface area contributed by atoms with E-state index < -0.39 is 0 Å². The molecule has 11 nitrogen and oxygen atoms in total. The van der Waals surface area contributed by atoms with E-state index in [1.807, 2.05) is 58.0 Å². The van der Waals surface area contributed by atoms with Crippen LogP contribution in [0.1, 0.15) is 42.5 Å². The molecule has 4 aromatic rings. The van der Waals surface area contributed by atoms with Gasteiger partial charge in [-0.1, -0.05) is 32.9 Å². The topological polar surface area (TPSA) is 132 Å². The lowest BCUT2D eigenvalue weighted by Crippen LogP contribution is -2.44. The molecular weight excluding hydrogens is 518 g/mol. The molecule has 5 rings (SSSR count). The van der Waals surface area contributed by atoms with Gasteiger partial charge in [-0.15, -0.1) is 10.2 Å². The summed E-state index contributed by atoms with van der Waals surface area (Å²) in [6.07, 6.45) is 4.78. The second-order valence-corrected chi connectivity index (χ2v) is 11.3. The van der Waals surface area contributed by atoms with Gasteiger partial charge in [0.1, 0.15) is 11.4 Å². The zero-order valence-electron chi connectivity index (χ0n) is 24.0. The van der Waals surface area contributed by atoms with E-state index in [4.69, 9.17) is 0 Å². The first-order valence-electron chi connectivity index (χ1n) is 13.6. The molecule has 1 aliphatic heterocycles. The number of amides is 1. The van der Waals surface area contributed by atoms with Crippen molar-refractivity contribution in [3.05, 3.63) is 82.3 Å². The molecule has 0 spiro atoms. The predicted octanol–water partition coefficient (Wildman–Crippen LogP) is 3.98. The summed E-state index contributed by atoms with van der Waals surface area (Å²) in [7, 11) is 2.11. The van der Waals surface area contributed by atoms with Gasteiger partial charge in [-0.2, -0.15) is 0 Å². The lowest BCUT2D eigenvalue weighted by molar-refractivity contribution is 0.102. The first kappa shape index (κ1) is 27.9. The Morgan fingerprint density at radius 1 is 0.976 bits per heavy atom. The fourth-order valence-corrected chi connectivity index (χ4v) is 4.57. The molecule has 3 N–H and O–H groups in total. The van der Waals surface area contributed by atoms with Gasteiger partial charge in [0.2, 0.25) is 0 Å². The summed E-state index contributed by atoms with van der Waals surface area (Å²) >= 11 is 0. The van der Waals surface area contributed by atoms with E-state index in [0.717, 1.165) is 54.4 Å². The molecule has 0 bridgehead atoms. The van der Waals surface area contributed by atoms with Crippen molar-refractivity contribution in [2.45, 2.75) is 33.1 Å². The SMILES string of the molecule is Cc1c(NC(=O)c2cnc(C(C)(C)C)cn2)cccc1-c1c[nH]c(=O)c(Nc2ccc(N3CCN(C)CC3)nn2)c1. The fourth-order valence-electron chi connectivity index (χ4n) is 4.57. The van der Waals surface area contributed by atoms with Crippen LogP contribution in [0.15, 0.2) is 59.8 Å². The van der Waals surface area contributed by atoms with Crippen LogP contribution in [0.2, 0.25) is 0 Å². The van der Waals surface area contributed by atoms with Crippen LogP contribution in [-0.2, 0) is 5.41 Å². The number of carbonyl (C=O) groups is 1. The fraction of sp³-hybridized carbons (Fsp3) is 0.333. The number of rotatable bonds is 6. The zero-order chi connectivity index (χ0) is 29.1. The average molecular weight is 554 g/mol. The van der Waals surface area contributed by atoms with E-state index in [0.29, 0.717) is 17.2 Å². The molecule has 4 heterocycles. The molecule has 1 saturated heterocycles. The Morgan fingerprint density at radius 3 is 2.41 bits per heavy atom. The Hall–Kier alpha value is -4.64. The van der Waals surface area contributed by atoms with Crippen LogP contribution in [0.25, 0.3) is 11.1 Å². The van der Waals surface area contributed by atoms with Crippen molar-refractivity contribution in [3.63, 3.8) is 0 Å². The Labute approximate surface area is 239 Å². The van der Waals surface area contributed by atoms with Gasteiger partial charge in [-0.05, 0) is 49.4 Å². The van der Waals surface area contributed by atoms with Gasteiger partial charge in [0.05, 0.1) is 11.9 Å². The monoisotopic (exact) mass is 553 g/mol. The van der Waals surface area contributed by atoms with E-state index in [1.165, 1.54) is 6.20 Å². The van der Waals surface area contributed by atoms with Gasteiger partial charge in [0.25, 0.3) is 11.5 Å². The minimum Gasteiger partial charge on any atom is -0.353 e. The number of hydrogen-bond donors (Lipinski definition) is 3. The minimum absolute atomic E-state index is 0.155. The third-order valence-corrected chi connectivity index (χ3v) is 7.19. The van der Waals surface area contributed by atoms with Crippen molar-refractivity contribution < 1.29 is 4.79 Å². The van der Waals surface area contributed by atoms with Crippen molar-refractivity contribution in [2.75, 3.05) is 48.8 Å². The van der Waals surface area contributed by atoms with Crippen LogP contribution in [0.4, 0.5) is 23.0 Å². The molecule has 1 fully saturated rings. The van der Waals surface area contributed by atoms with Crippen molar-refractivity contribution in [1.82, 2.24) is 30.0 Å². The quantitative estimate of drug-likeness (QED) is 0.324. The van der Waals surface area contributed by atoms with Gasteiger partial charge < -0.3 is 25.4 Å². The van der Waals surface area contributed by atoms with Gasteiger partial charge in [0.15, 0.2) is 11.6 Å². The highest BCUT2D eigenvalue weighted by molar-refractivity contribution is 6.03.